The van der Waals surface area contributed by atoms with Crippen molar-refractivity contribution in [3.05, 3.63) is 30.3 Å². The van der Waals surface area contributed by atoms with Crippen molar-refractivity contribution in [1.82, 2.24) is 5.43 Å². The Morgan fingerprint density at radius 1 is 1.43 bits per heavy atom. The molecule has 0 bridgehead atoms. The van der Waals surface area contributed by atoms with E-state index in [9.17, 15) is 9.59 Å². The van der Waals surface area contributed by atoms with Gasteiger partial charge in [-0.3, -0.25) is 10.6 Å². The highest BCUT2D eigenvalue weighted by Gasteiger charge is 2.11. The summed E-state index contributed by atoms with van der Waals surface area (Å²) in [6, 6.07) is 10.9. The van der Waals surface area contributed by atoms with E-state index in [4.69, 9.17) is 11.1 Å². The average molecular weight is 290 g/mol. The van der Waals surface area contributed by atoms with Gasteiger partial charge in [0.15, 0.2) is 0 Å². The van der Waals surface area contributed by atoms with Crippen molar-refractivity contribution in [2.75, 3.05) is 5.32 Å². The Bertz CT molecular complexity index is 456. The highest BCUT2D eigenvalue weighted by molar-refractivity contribution is 5.75. The maximum Gasteiger partial charge on any atom is 0.211 e. The Kier molecular flexibility index (Phi) is 10.4. The number of nitrogens with zero attached hydrogens (tertiary/aromatic N) is 1. The summed E-state index contributed by atoms with van der Waals surface area (Å²) in [6.45, 7) is 3.48. The molecule has 0 fully saturated rings. The second-order valence-electron chi connectivity index (χ2n) is 4.72. The molecule has 0 heterocycles. The monoisotopic (exact) mass is 290 g/mol. The maximum absolute atomic E-state index is 10.7. The van der Waals surface area contributed by atoms with Gasteiger partial charge in [-0.05, 0) is 31.4 Å². The number of nitriles is 1. The van der Waals surface area contributed by atoms with Crippen LogP contribution in [0.2, 0.25) is 0 Å². The van der Waals surface area contributed by atoms with Crippen LogP contribution in [0.25, 0.3) is 0 Å². The molecule has 1 aromatic rings. The third-order valence-electron chi connectivity index (χ3n) is 2.63. The number of Topliss-reactive ketones (excluding diaryl/α,β-unsaturated/α-hetero) is 1. The van der Waals surface area contributed by atoms with Crippen molar-refractivity contribution in [2.24, 2.45) is 11.8 Å². The SMILES string of the molecule is CC(=O)CC(C)CC(C#N)NN.O=CNc1ccccc1. The Morgan fingerprint density at radius 3 is 2.48 bits per heavy atom. The molecule has 114 valence electrons. The van der Waals surface area contributed by atoms with E-state index in [-0.39, 0.29) is 17.7 Å². The Hall–Kier alpha value is -2.23. The number of hydrazine groups is 1. The van der Waals surface area contributed by atoms with Gasteiger partial charge < -0.3 is 10.1 Å². The normalized spacial score (nSPS) is 12.1. The lowest BCUT2D eigenvalue weighted by Gasteiger charge is -2.12. The first-order valence-corrected chi connectivity index (χ1v) is 6.63. The zero-order chi connectivity index (χ0) is 16.1. The van der Waals surface area contributed by atoms with Gasteiger partial charge in [-0.15, -0.1) is 0 Å². The minimum Gasteiger partial charge on any atom is -0.329 e. The molecule has 0 spiro atoms. The molecule has 6 nitrogen and oxygen atoms in total. The van der Waals surface area contributed by atoms with Crippen LogP contribution in [-0.4, -0.2) is 18.2 Å². The van der Waals surface area contributed by atoms with Gasteiger partial charge in [0.25, 0.3) is 0 Å². The molecule has 2 atom stereocenters. The van der Waals surface area contributed by atoms with Crippen LogP contribution in [0.15, 0.2) is 30.3 Å². The van der Waals surface area contributed by atoms with Gasteiger partial charge in [0.2, 0.25) is 6.41 Å². The van der Waals surface area contributed by atoms with Crippen LogP contribution >= 0.6 is 0 Å². The number of nitrogens with two attached hydrogens (primary N) is 1. The first-order chi connectivity index (χ1) is 10.0. The lowest BCUT2D eigenvalue weighted by Crippen LogP contribution is -2.35. The minimum atomic E-state index is -0.348. The van der Waals surface area contributed by atoms with Crippen molar-refractivity contribution in [1.29, 1.82) is 5.26 Å². The molecule has 1 amide bonds. The fourth-order valence-electron chi connectivity index (χ4n) is 1.74. The minimum absolute atomic E-state index is 0.149. The number of para-hydroxylation sites is 1. The third kappa shape index (κ3) is 10.2. The summed E-state index contributed by atoms with van der Waals surface area (Å²) in [5.41, 5.74) is 3.21. The van der Waals surface area contributed by atoms with Gasteiger partial charge in [0.1, 0.15) is 11.8 Å². The molecule has 2 unspecified atom stereocenters. The largest absolute Gasteiger partial charge is 0.329 e. The predicted molar refractivity (Wildman–Crippen MR) is 81.9 cm³/mol. The zero-order valence-electron chi connectivity index (χ0n) is 12.4. The fraction of sp³-hybridized carbons (Fsp3) is 0.400. The number of rotatable bonds is 7. The van der Waals surface area contributed by atoms with E-state index in [1.54, 1.807) is 6.92 Å². The summed E-state index contributed by atoms with van der Waals surface area (Å²) in [5.74, 6) is 5.47. The molecule has 1 rings (SSSR count). The van der Waals surface area contributed by atoms with E-state index in [0.29, 0.717) is 19.3 Å². The van der Waals surface area contributed by atoms with E-state index in [1.807, 2.05) is 43.3 Å². The number of carbonyl (C=O) groups is 2. The maximum atomic E-state index is 10.7. The highest BCUT2D eigenvalue weighted by Crippen LogP contribution is 2.09. The van der Waals surface area contributed by atoms with Crippen LogP contribution in [0.4, 0.5) is 5.69 Å². The molecule has 0 aromatic heterocycles. The van der Waals surface area contributed by atoms with E-state index in [1.165, 1.54) is 0 Å². The van der Waals surface area contributed by atoms with Gasteiger partial charge in [0.05, 0.1) is 6.07 Å². The van der Waals surface area contributed by atoms with Gasteiger partial charge in [-0.25, -0.2) is 5.43 Å². The van der Waals surface area contributed by atoms with E-state index >= 15 is 0 Å². The van der Waals surface area contributed by atoms with Gasteiger partial charge in [-0.1, -0.05) is 25.1 Å². The first kappa shape index (κ1) is 18.8. The topological polar surface area (TPSA) is 108 Å². The van der Waals surface area contributed by atoms with Crippen molar-refractivity contribution < 1.29 is 9.59 Å². The van der Waals surface area contributed by atoms with Crippen LogP contribution in [0.3, 0.4) is 0 Å². The summed E-state index contributed by atoms with van der Waals surface area (Å²) in [6.07, 6.45) is 1.79. The third-order valence-corrected chi connectivity index (χ3v) is 2.63. The number of hydrogen-bond donors (Lipinski definition) is 3. The van der Waals surface area contributed by atoms with Gasteiger partial charge in [-0.2, -0.15) is 5.26 Å². The van der Waals surface area contributed by atoms with Crippen LogP contribution in [0.1, 0.15) is 26.7 Å². The summed E-state index contributed by atoms with van der Waals surface area (Å²) in [5, 5.41) is 11.1. The molecule has 0 saturated carbocycles. The summed E-state index contributed by atoms with van der Waals surface area (Å²) < 4.78 is 0. The molecule has 0 saturated heterocycles. The molecule has 21 heavy (non-hydrogen) atoms. The molecule has 4 N–H and O–H groups in total. The van der Waals surface area contributed by atoms with Crippen molar-refractivity contribution in [3.63, 3.8) is 0 Å². The number of benzene rings is 1. The quantitative estimate of drug-likeness (QED) is 0.401. The average Bonchev–Trinajstić information content (AvgIpc) is 2.46. The van der Waals surface area contributed by atoms with Crippen molar-refractivity contribution >= 4 is 17.9 Å². The summed E-state index contributed by atoms with van der Waals surface area (Å²) >= 11 is 0. The lowest BCUT2D eigenvalue weighted by atomic mass is 9.98. The molecule has 6 heteroatoms. The van der Waals surface area contributed by atoms with Crippen molar-refractivity contribution in [3.8, 4) is 6.07 Å². The number of anilines is 1. The van der Waals surface area contributed by atoms with Crippen LogP contribution in [-0.2, 0) is 9.59 Å². The number of nitrogens with one attached hydrogen (secondary N) is 2. The number of hydrogen-bond acceptors (Lipinski definition) is 5. The van der Waals surface area contributed by atoms with Crippen LogP contribution in [0, 0.1) is 17.2 Å². The Labute approximate surface area is 125 Å². The number of amides is 1. The lowest BCUT2D eigenvalue weighted by molar-refractivity contribution is -0.117. The second-order valence-corrected chi connectivity index (χ2v) is 4.72. The zero-order valence-corrected chi connectivity index (χ0v) is 12.4. The molecular weight excluding hydrogens is 268 g/mol. The molecule has 0 radical (unpaired) electrons. The second kappa shape index (κ2) is 11.6. The van der Waals surface area contributed by atoms with Crippen LogP contribution in [0.5, 0.6) is 0 Å². The van der Waals surface area contributed by atoms with E-state index in [2.05, 4.69) is 10.7 Å². The van der Waals surface area contributed by atoms with Gasteiger partial charge >= 0.3 is 0 Å². The smallest absolute Gasteiger partial charge is 0.211 e. The van der Waals surface area contributed by atoms with E-state index in [0.717, 1.165) is 5.69 Å². The summed E-state index contributed by atoms with van der Waals surface area (Å²) in [7, 11) is 0. The molecule has 0 aliphatic carbocycles. The number of ketones is 1. The molecule has 1 aromatic carbocycles. The fourth-order valence-corrected chi connectivity index (χ4v) is 1.74. The number of carbonyl (C=O) groups excluding carboxylic acids is 2. The molecular formula is C15H22N4O2. The Balaban J connectivity index is 0.000000394. The molecule has 0 aliphatic rings. The van der Waals surface area contributed by atoms with Gasteiger partial charge in [0, 0.05) is 12.1 Å². The Morgan fingerprint density at radius 2 is 2.05 bits per heavy atom. The highest BCUT2D eigenvalue weighted by atomic mass is 16.1. The van der Waals surface area contributed by atoms with E-state index < -0.39 is 0 Å². The summed E-state index contributed by atoms with van der Waals surface area (Å²) in [4.78, 5) is 20.5. The standard InChI is InChI=1S/C8H15N3O.C7H7NO/c1-6(3-7(2)12)4-8(5-9)11-10;9-6-8-7-4-2-1-3-5-7/h6,8,11H,3-4,10H2,1-2H3;1-6H,(H,8,9). The van der Waals surface area contributed by atoms with Crippen molar-refractivity contribution in [2.45, 2.75) is 32.7 Å². The molecule has 0 aliphatic heterocycles. The predicted octanol–water partition coefficient (Wildman–Crippen LogP) is 1.60. The first-order valence-electron chi connectivity index (χ1n) is 6.63. The van der Waals surface area contributed by atoms with Crippen LogP contribution < -0.4 is 16.6 Å².